The van der Waals surface area contributed by atoms with E-state index in [2.05, 4.69) is 20.4 Å². The molecule has 0 saturated carbocycles. The van der Waals surface area contributed by atoms with Gasteiger partial charge in [0.2, 0.25) is 5.88 Å². The third kappa shape index (κ3) is 3.15. The number of ether oxygens (including phenoxy) is 1. The quantitative estimate of drug-likeness (QED) is 0.579. The highest BCUT2D eigenvalue weighted by molar-refractivity contribution is 6.05. The Hall–Kier alpha value is -3.94. The molecule has 0 unspecified atom stereocenters. The molecule has 27 heavy (non-hydrogen) atoms. The molecule has 8 nitrogen and oxygen atoms in total. The molecule has 8 heteroatoms. The Kier molecular flexibility index (Phi) is 4.13. The molecule has 4 rings (SSSR count). The monoisotopic (exact) mass is 361 g/mol. The predicted molar refractivity (Wildman–Crippen MR) is 98.8 cm³/mol. The normalized spacial score (nSPS) is 10.7. The van der Waals surface area contributed by atoms with E-state index in [0.29, 0.717) is 17.0 Å². The second-order valence-electron chi connectivity index (χ2n) is 5.67. The number of nitrogens with one attached hydrogen (secondary N) is 1. The summed E-state index contributed by atoms with van der Waals surface area (Å²) >= 11 is 0. The van der Waals surface area contributed by atoms with Crippen LogP contribution >= 0.6 is 0 Å². The lowest BCUT2D eigenvalue weighted by molar-refractivity contribution is 0.102. The molecule has 2 aromatic heterocycles. The Bertz CT molecular complexity index is 1120. The van der Waals surface area contributed by atoms with Crippen molar-refractivity contribution in [3.8, 4) is 22.9 Å². The molecule has 0 aliphatic rings. The number of amides is 1. The summed E-state index contributed by atoms with van der Waals surface area (Å²) in [4.78, 5) is 21.1. The first-order valence-corrected chi connectivity index (χ1v) is 8.12. The number of rotatable bonds is 4. The van der Waals surface area contributed by atoms with Crippen molar-refractivity contribution in [2.24, 2.45) is 0 Å². The Morgan fingerprint density at radius 1 is 1.07 bits per heavy atom. The van der Waals surface area contributed by atoms with Crippen LogP contribution in [0.25, 0.3) is 17.0 Å². The van der Waals surface area contributed by atoms with E-state index in [1.807, 2.05) is 30.3 Å². The fourth-order valence-electron chi connectivity index (χ4n) is 2.66. The van der Waals surface area contributed by atoms with Gasteiger partial charge in [-0.1, -0.05) is 42.5 Å². The van der Waals surface area contributed by atoms with Gasteiger partial charge in [0.25, 0.3) is 17.6 Å². The molecule has 0 spiro atoms. The molecule has 4 aromatic rings. The second kappa shape index (κ2) is 6.75. The highest BCUT2D eigenvalue weighted by Gasteiger charge is 2.16. The van der Waals surface area contributed by atoms with E-state index in [9.17, 15) is 9.90 Å². The number of hydrogen-bond acceptors (Lipinski definition) is 6. The van der Waals surface area contributed by atoms with Gasteiger partial charge in [-0.15, -0.1) is 5.10 Å². The largest absolute Gasteiger partial charge is 0.496 e. The van der Waals surface area contributed by atoms with Gasteiger partial charge in [0.05, 0.1) is 18.4 Å². The average Bonchev–Trinajstić information content (AvgIpc) is 3.11. The lowest BCUT2D eigenvalue weighted by atomic mass is 10.1. The zero-order chi connectivity index (χ0) is 18.8. The molecular weight excluding hydrogens is 346 g/mol. The van der Waals surface area contributed by atoms with E-state index in [-0.39, 0.29) is 17.6 Å². The van der Waals surface area contributed by atoms with Gasteiger partial charge in [-0.25, -0.2) is 4.98 Å². The van der Waals surface area contributed by atoms with Crippen LogP contribution in [0.5, 0.6) is 11.6 Å². The van der Waals surface area contributed by atoms with Crippen LogP contribution in [0.1, 0.15) is 10.4 Å². The Morgan fingerprint density at radius 2 is 1.81 bits per heavy atom. The van der Waals surface area contributed by atoms with Gasteiger partial charge in [0, 0.05) is 11.6 Å². The van der Waals surface area contributed by atoms with Crippen LogP contribution in [0.15, 0.2) is 60.7 Å². The third-order valence-electron chi connectivity index (χ3n) is 3.94. The molecule has 2 heterocycles. The van der Waals surface area contributed by atoms with Crippen molar-refractivity contribution in [1.29, 1.82) is 0 Å². The lowest BCUT2D eigenvalue weighted by Crippen LogP contribution is -2.14. The smallest absolute Gasteiger partial charge is 0.261 e. The molecule has 0 radical (unpaired) electrons. The lowest BCUT2D eigenvalue weighted by Gasteiger charge is -2.06. The number of carbonyl (C=O) groups excluding carboxylic acids is 1. The number of aromatic hydroxyl groups is 1. The van der Waals surface area contributed by atoms with E-state index in [1.165, 1.54) is 13.2 Å². The summed E-state index contributed by atoms with van der Waals surface area (Å²) < 4.78 is 6.34. The fourth-order valence-corrected chi connectivity index (χ4v) is 2.66. The van der Waals surface area contributed by atoms with Crippen molar-refractivity contribution in [3.05, 3.63) is 66.2 Å². The third-order valence-corrected chi connectivity index (χ3v) is 3.94. The Morgan fingerprint density at radius 3 is 2.59 bits per heavy atom. The molecule has 0 fully saturated rings. The SMILES string of the molecule is COc1ccccc1C(=O)Nc1nc2nc(-c3ccccc3)cc(O)n2n1. The summed E-state index contributed by atoms with van der Waals surface area (Å²) in [5.41, 5.74) is 1.73. The first kappa shape index (κ1) is 16.5. The van der Waals surface area contributed by atoms with Gasteiger partial charge in [0.1, 0.15) is 5.75 Å². The second-order valence-corrected chi connectivity index (χ2v) is 5.67. The molecule has 1 amide bonds. The number of carbonyl (C=O) groups is 1. The maximum absolute atomic E-state index is 12.5. The van der Waals surface area contributed by atoms with Gasteiger partial charge in [-0.3, -0.25) is 10.1 Å². The predicted octanol–water partition coefficient (Wildman–Crippen LogP) is 2.76. The number of nitrogens with zero attached hydrogens (tertiary/aromatic N) is 4. The van der Waals surface area contributed by atoms with E-state index in [4.69, 9.17) is 4.74 Å². The van der Waals surface area contributed by atoms with Gasteiger partial charge in [-0.2, -0.15) is 9.50 Å². The molecule has 2 N–H and O–H groups in total. The van der Waals surface area contributed by atoms with Crippen molar-refractivity contribution in [2.75, 3.05) is 12.4 Å². The number of anilines is 1. The van der Waals surface area contributed by atoms with E-state index >= 15 is 0 Å². The van der Waals surface area contributed by atoms with Crippen LogP contribution < -0.4 is 10.1 Å². The van der Waals surface area contributed by atoms with E-state index in [1.54, 1.807) is 24.3 Å². The van der Waals surface area contributed by atoms with Crippen molar-refractivity contribution >= 4 is 17.6 Å². The summed E-state index contributed by atoms with van der Waals surface area (Å²) in [6.07, 6.45) is 0. The maximum Gasteiger partial charge on any atom is 0.261 e. The topological polar surface area (TPSA) is 102 Å². The number of aromatic nitrogens is 4. The highest BCUT2D eigenvalue weighted by Crippen LogP contribution is 2.23. The van der Waals surface area contributed by atoms with Crippen LogP contribution in [0, 0.1) is 0 Å². The van der Waals surface area contributed by atoms with Gasteiger partial charge < -0.3 is 9.84 Å². The van der Waals surface area contributed by atoms with Crippen molar-refractivity contribution in [1.82, 2.24) is 19.6 Å². The van der Waals surface area contributed by atoms with Crippen LogP contribution in [0.3, 0.4) is 0 Å². The number of hydrogen-bond donors (Lipinski definition) is 2. The summed E-state index contributed by atoms with van der Waals surface area (Å²) in [5, 5.41) is 16.9. The first-order valence-electron chi connectivity index (χ1n) is 8.12. The van der Waals surface area contributed by atoms with Crippen LogP contribution in [0.2, 0.25) is 0 Å². The maximum atomic E-state index is 12.5. The molecule has 0 atom stereocenters. The standard InChI is InChI=1S/C19H15N5O3/c1-27-15-10-6-5-9-13(15)17(26)21-18-22-19-20-14(11-16(25)24(19)23-18)12-7-3-2-4-8-12/h2-11,25H,1H3,(H,21,23,26). The number of benzene rings is 2. The minimum absolute atomic E-state index is 0.0268. The minimum Gasteiger partial charge on any atom is -0.496 e. The van der Waals surface area contributed by atoms with E-state index in [0.717, 1.165) is 10.1 Å². The summed E-state index contributed by atoms with van der Waals surface area (Å²) in [6, 6.07) is 17.7. The number of fused-ring (bicyclic) bond motifs is 1. The summed E-state index contributed by atoms with van der Waals surface area (Å²) in [5.74, 6) is 0.0736. The summed E-state index contributed by atoms with van der Waals surface area (Å²) in [7, 11) is 1.49. The minimum atomic E-state index is -0.425. The van der Waals surface area contributed by atoms with Crippen LogP contribution in [-0.2, 0) is 0 Å². The van der Waals surface area contributed by atoms with Gasteiger partial charge >= 0.3 is 0 Å². The van der Waals surface area contributed by atoms with Crippen LogP contribution in [0.4, 0.5) is 5.95 Å². The Labute approximate surface area is 154 Å². The molecule has 0 bridgehead atoms. The van der Waals surface area contributed by atoms with Crippen LogP contribution in [-0.4, -0.2) is 37.7 Å². The highest BCUT2D eigenvalue weighted by atomic mass is 16.5. The molecule has 134 valence electrons. The molecular formula is C19H15N5O3. The Balaban J connectivity index is 1.67. The zero-order valence-electron chi connectivity index (χ0n) is 14.3. The average molecular weight is 361 g/mol. The summed E-state index contributed by atoms with van der Waals surface area (Å²) in [6.45, 7) is 0. The molecule has 0 aliphatic heterocycles. The molecule has 0 saturated heterocycles. The molecule has 2 aromatic carbocycles. The molecule has 0 aliphatic carbocycles. The van der Waals surface area contributed by atoms with Crippen molar-refractivity contribution in [3.63, 3.8) is 0 Å². The van der Waals surface area contributed by atoms with Crippen molar-refractivity contribution < 1.29 is 14.6 Å². The van der Waals surface area contributed by atoms with Gasteiger partial charge in [0.15, 0.2) is 0 Å². The number of methoxy groups -OCH3 is 1. The fraction of sp³-hybridized carbons (Fsp3) is 0.0526. The van der Waals surface area contributed by atoms with Crippen molar-refractivity contribution in [2.45, 2.75) is 0 Å². The number of para-hydroxylation sites is 1. The van der Waals surface area contributed by atoms with E-state index < -0.39 is 5.91 Å². The first-order chi connectivity index (χ1) is 13.2. The zero-order valence-corrected chi connectivity index (χ0v) is 14.3. The van der Waals surface area contributed by atoms with Gasteiger partial charge in [-0.05, 0) is 12.1 Å².